The van der Waals surface area contributed by atoms with Gasteiger partial charge < -0.3 is 0 Å². The van der Waals surface area contributed by atoms with Gasteiger partial charge in [0.25, 0.3) is 0 Å². The molecule has 0 aliphatic heterocycles. The van der Waals surface area contributed by atoms with Crippen molar-refractivity contribution < 1.29 is 8.78 Å². The van der Waals surface area contributed by atoms with Gasteiger partial charge in [-0.15, -0.1) is 0 Å². The van der Waals surface area contributed by atoms with E-state index in [0.717, 1.165) is 42.8 Å². The fourth-order valence-corrected chi connectivity index (χ4v) is 6.40. The highest BCUT2D eigenvalue weighted by atomic mass is 32.2. The summed E-state index contributed by atoms with van der Waals surface area (Å²) in [4.78, 5) is 0. The zero-order valence-electron chi connectivity index (χ0n) is 18.9. The standard InChI is InChI=1S/C20H34F2S.2C2H6/c1-13-3-12-18(20(22)19(13)21)16-6-4-14(5-7-16)15-8-10-17(23-2)11-9-15;2*1-2/h13-20H,3-12H2,1-2H3;2*1-2H3. The van der Waals surface area contributed by atoms with Gasteiger partial charge in [0, 0.05) is 5.25 Å². The van der Waals surface area contributed by atoms with Crippen LogP contribution >= 0.6 is 11.8 Å². The fraction of sp³-hybridized carbons (Fsp3) is 1.00. The van der Waals surface area contributed by atoms with Crippen LogP contribution in [0.15, 0.2) is 0 Å². The lowest BCUT2D eigenvalue weighted by Crippen LogP contribution is -2.41. The number of alkyl halides is 2. The van der Waals surface area contributed by atoms with E-state index in [0.29, 0.717) is 5.92 Å². The van der Waals surface area contributed by atoms with E-state index < -0.39 is 12.3 Å². The second-order valence-electron chi connectivity index (χ2n) is 8.55. The van der Waals surface area contributed by atoms with Crippen LogP contribution in [0.4, 0.5) is 8.78 Å². The Morgan fingerprint density at radius 1 is 0.593 bits per heavy atom. The summed E-state index contributed by atoms with van der Waals surface area (Å²) in [5.41, 5.74) is 0. The number of thioether (sulfide) groups is 1. The van der Waals surface area contributed by atoms with Gasteiger partial charge in [0.05, 0.1) is 0 Å². The quantitative estimate of drug-likeness (QED) is 0.454. The van der Waals surface area contributed by atoms with Crippen molar-refractivity contribution in [1.29, 1.82) is 0 Å². The first-order chi connectivity index (χ1) is 13.1. The minimum Gasteiger partial charge on any atom is -0.244 e. The van der Waals surface area contributed by atoms with Gasteiger partial charge >= 0.3 is 0 Å². The monoisotopic (exact) mass is 404 g/mol. The number of hydrogen-bond donors (Lipinski definition) is 0. The molecule has 3 aliphatic rings. The van der Waals surface area contributed by atoms with Gasteiger partial charge in [-0.3, -0.25) is 0 Å². The molecule has 0 aromatic carbocycles. The van der Waals surface area contributed by atoms with Crippen LogP contribution in [0.25, 0.3) is 0 Å². The Kier molecular flexibility index (Phi) is 12.6. The molecule has 4 atom stereocenters. The Bertz CT molecular complexity index is 359. The van der Waals surface area contributed by atoms with Crippen LogP contribution in [0.2, 0.25) is 0 Å². The van der Waals surface area contributed by atoms with Gasteiger partial charge in [-0.05, 0) is 100 Å². The third kappa shape index (κ3) is 6.89. The zero-order chi connectivity index (χ0) is 20.4. The van der Waals surface area contributed by atoms with E-state index in [9.17, 15) is 8.78 Å². The number of halogens is 2. The molecule has 0 N–H and O–H groups in total. The minimum atomic E-state index is -1.21. The molecule has 0 nitrogen and oxygen atoms in total. The molecule has 0 heterocycles. The van der Waals surface area contributed by atoms with Crippen molar-refractivity contribution >= 4 is 11.8 Å². The number of rotatable bonds is 3. The molecule has 3 fully saturated rings. The van der Waals surface area contributed by atoms with Gasteiger partial charge in [-0.1, -0.05) is 34.6 Å². The van der Waals surface area contributed by atoms with Crippen molar-refractivity contribution in [2.75, 3.05) is 6.26 Å². The molecule has 0 bridgehead atoms. The minimum absolute atomic E-state index is 0.00868. The predicted octanol–water partition coefficient (Wildman–Crippen LogP) is 8.49. The molecular weight excluding hydrogens is 358 g/mol. The van der Waals surface area contributed by atoms with E-state index in [1.54, 1.807) is 0 Å². The molecule has 0 radical (unpaired) electrons. The molecule has 0 saturated heterocycles. The molecule has 0 aromatic heterocycles. The Labute approximate surface area is 173 Å². The van der Waals surface area contributed by atoms with Crippen LogP contribution in [0.3, 0.4) is 0 Å². The van der Waals surface area contributed by atoms with Crippen molar-refractivity contribution in [3.8, 4) is 0 Å². The molecule has 4 unspecified atom stereocenters. The molecule has 27 heavy (non-hydrogen) atoms. The summed E-state index contributed by atoms with van der Waals surface area (Å²) >= 11 is 2.04. The third-order valence-electron chi connectivity index (χ3n) is 7.35. The smallest absolute Gasteiger partial charge is 0.134 e. The highest BCUT2D eigenvalue weighted by Crippen LogP contribution is 2.47. The Hall–Kier alpha value is 0.210. The Balaban J connectivity index is 0.000000855. The van der Waals surface area contributed by atoms with E-state index in [2.05, 4.69) is 6.26 Å². The summed E-state index contributed by atoms with van der Waals surface area (Å²) in [6.07, 6.45) is 12.1. The average molecular weight is 405 g/mol. The van der Waals surface area contributed by atoms with Crippen LogP contribution in [-0.2, 0) is 0 Å². The fourth-order valence-electron chi connectivity index (χ4n) is 5.66. The number of hydrogen-bond acceptors (Lipinski definition) is 1. The molecule has 3 heteroatoms. The molecule has 0 spiro atoms. The summed E-state index contributed by atoms with van der Waals surface area (Å²) in [6, 6.07) is 0. The summed E-state index contributed by atoms with van der Waals surface area (Å²) < 4.78 is 28.5. The lowest BCUT2D eigenvalue weighted by atomic mass is 9.65. The van der Waals surface area contributed by atoms with Crippen LogP contribution in [-0.4, -0.2) is 23.8 Å². The highest BCUT2D eigenvalue weighted by molar-refractivity contribution is 7.99. The van der Waals surface area contributed by atoms with Crippen LogP contribution in [0, 0.1) is 29.6 Å². The van der Waals surface area contributed by atoms with E-state index in [-0.39, 0.29) is 11.8 Å². The maximum absolute atomic E-state index is 14.4. The molecule has 162 valence electrons. The van der Waals surface area contributed by atoms with Gasteiger partial charge in [-0.25, -0.2) is 8.78 Å². The molecule has 0 aromatic rings. The first-order valence-corrected chi connectivity index (χ1v) is 13.2. The first kappa shape index (κ1) is 25.2. The van der Waals surface area contributed by atoms with Crippen molar-refractivity contribution in [3.63, 3.8) is 0 Å². The summed E-state index contributed by atoms with van der Waals surface area (Å²) in [6.45, 7) is 9.87. The van der Waals surface area contributed by atoms with Crippen molar-refractivity contribution in [3.05, 3.63) is 0 Å². The van der Waals surface area contributed by atoms with E-state index >= 15 is 0 Å². The third-order valence-corrected chi connectivity index (χ3v) is 8.49. The SMILES string of the molecule is CC.CC.CSC1CCC(C2CCC(C3CCC(C)C(F)C3F)CC2)CC1. The van der Waals surface area contributed by atoms with Gasteiger partial charge in [0.1, 0.15) is 12.3 Å². The van der Waals surface area contributed by atoms with Crippen LogP contribution < -0.4 is 0 Å². The zero-order valence-corrected chi connectivity index (χ0v) is 19.7. The van der Waals surface area contributed by atoms with Gasteiger partial charge in [-0.2, -0.15) is 11.8 Å². The Morgan fingerprint density at radius 3 is 1.52 bits per heavy atom. The van der Waals surface area contributed by atoms with Crippen molar-refractivity contribution in [2.45, 2.75) is 116 Å². The first-order valence-electron chi connectivity index (χ1n) is 11.9. The van der Waals surface area contributed by atoms with E-state index in [1.165, 1.54) is 38.5 Å². The normalized spacial score (nSPS) is 42.2. The second-order valence-corrected chi connectivity index (χ2v) is 9.69. The van der Waals surface area contributed by atoms with Crippen molar-refractivity contribution in [2.24, 2.45) is 29.6 Å². The highest BCUT2D eigenvalue weighted by Gasteiger charge is 2.43. The molecule has 3 aliphatic carbocycles. The summed E-state index contributed by atoms with van der Waals surface area (Å²) in [7, 11) is 0. The summed E-state index contributed by atoms with van der Waals surface area (Å²) in [5.74, 6) is 2.17. The van der Waals surface area contributed by atoms with E-state index in [4.69, 9.17) is 0 Å². The lowest BCUT2D eigenvalue weighted by molar-refractivity contribution is -0.00957. The maximum atomic E-state index is 14.4. The molecule has 3 rings (SSSR count). The molecule has 3 saturated carbocycles. The molecular formula is C24H46F2S. The van der Waals surface area contributed by atoms with Crippen molar-refractivity contribution in [1.82, 2.24) is 0 Å². The van der Waals surface area contributed by atoms with Gasteiger partial charge in [0.2, 0.25) is 0 Å². The van der Waals surface area contributed by atoms with Crippen LogP contribution in [0.5, 0.6) is 0 Å². The van der Waals surface area contributed by atoms with E-state index in [1.807, 2.05) is 46.4 Å². The lowest BCUT2D eigenvalue weighted by Gasteiger charge is -2.43. The topological polar surface area (TPSA) is 0 Å². The molecule has 0 amide bonds. The summed E-state index contributed by atoms with van der Waals surface area (Å²) in [5, 5.41) is 0.889. The maximum Gasteiger partial charge on any atom is 0.134 e. The average Bonchev–Trinajstić information content (AvgIpc) is 2.75. The van der Waals surface area contributed by atoms with Gasteiger partial charge in [0.15, 0.2) is 0 Å². The Morgan fingerprint density at radius 2 is 1.04 bits per heavy atom. The predicted molar refractivity (Wildman–Crippen MR) is 119 cm³/mol. The largest absolute Gasteiger partial charge is 0.244 e. The second kappa shape index (κ2) is 13.4. The van der Waals surface area contributed by atoms with Crippen LogP contribution in [0.1, 0.15) is 98.8 Å².